The summed E-state index contributed by atoms with van der Waals surface area (Å²) in [5.41, 5.74) is -1.09. The number of piperidine rings is 2. The fourth-order valence-electron chi connectivity index (χ4n) is 5.14. The van der Waals surface area contributed by atoms with Gasteiger partial charge in [-0.15, -0.1) is 0 Å². The highest BCUT2D eigenvalue weighted by Gasteiger charge is 2.43. The Kier molecular flexibility index (Phi) is 9.36. The van der Waals surface area contributed by atoms with Crippen molar-refractivity contribution in [1.29, 1.82) is 5.26 Å². The minimum absolute atomic E-state index is 0.196. The molecule has 196 valence electrons. The zero-order chi connectivity index (χ0) is 25.5. The van der Waals surface area contributed by atoms with Crippen molar-refractivity contribution in [1.82, 2.24) is 20.4 Å². The molecule has 10 nitrogen and oxygen atoms in total. The number of nitrogens with zero attached hydrogens (tertiary/aromatic N) is 4. The number of hydrogen-bond acceptors (Lipinski definition) is 7. The Balaban J connectivity index is 1.83. The van der Waals surface area contributed by atoms with Crippen LogP contribution in [0.4, 0.5) is 4.79 Å². The minimum Gasteiger partial charge on any atom is -0.450 e. The van der Waals surface area contributed by atoms with Crippen molar-refractivity contribution in [2.24, 2.45) is 10.4 Å². The average molecular weight is 491 g/mol. The predicted molar refractivity (Wildman–Crippen MR) is 133 cm³/mol. The molecule has 35 heavy (non-hydrogen) atoms. The van der Waals surface area contributed by atoms with E-state index in [9.17, 15) is 14.9 Å². The third kappa shape index (κ3) is 7.80. The number of guanidine groups is 1. The Bertz CT molecular complexity index is 814. The van der Waals surface area contributed by atoms with Gasteiger partial charge in [0.15, 0.2) is 0 Å². The topological polar surface area (TPSA) is 119 Å². The van der Waals surface area contributed by atoms with Gasteiger partial charge >= 0.3 is 6.09 Å². The number of fused-ring (bicyclic) bond motifs is 1. The smallest absolute Gasteiger partial charge is 0.413 e. The monoisotopic (exact) mass is 490 g/mol. The van der Waals surface area contributed by atoms with Crippen LogP contribution >= 0.6 is 0 Å². The first kappa shape index (κ1) is 27.2. The molecule has 3 aliphatic rings. The van der Waals surface area contributed by atoms with Gasteiger partial charge in [-0.2, -0.15) is 5.26 Å². The summed E-state index contributed by atoms with van der Waals surface area (Å²) in [6, 6.07) is 2.01. The van der Waals surface area contributed by atoms with Crippen LogP contribution in [0.5, 0.6) is 0 Å². The Labute approximate surface area is 209 Å². The molecule has 3 fully saturated rings. The summed E-state index contributed by atoms with van der Waals surface area (Å²) in [5.74, 6) is 0.0337. The number of nitrogens with one attached hydrogen (secondary N) is 2. The van der Waals surface area contributed by atoms with Gasteiger partial charge < -0.3 is 24.6 Å². The minimum atomic E-state index is -0.894. The number of ether oxygens (including phenoxy) is 2. The number of nitriles is 1. The fraction of sp³-hybridized carbons (Fsp3) is 0.840. The third-order valence-corrected chi connectivity index (χ3v) is 6.92. The Morgan fingerprint density at radius 1 is 1.23 bits per heavy atom. The Morgan fingerprint density at radius 2 is 1.97 bits per heavy atom. The zero-order valence-electron chi connectivity index (χ0n) is 21.8. The lowest BCUT2D eigenvalue weighted by Gasteiger charge is -2.46. The molecule has 0 radical (unpaired) electrons. The third-order valence-electron chi connectivity index (χ3n) is 6.92. The molecule has 0 aromatic carbocycles. The molecule has 3 aliphatic heterocycles. The highest BCUT2D eigenvalue weighted by atomic mass is 16.5. The first-order valence-electron chi connectivity index (χ1n) is 13.0. The Hall–Kier alpha value is -2.38. The summed E-state index contributed by atoms with van der Waals surface area (Å²) in [6.07, 6.45) is 4.53. The van der Waals surface area contributed by atoms with E-state index in [1.165, 1.54) is 6.42 Å². The second-order valence-electron chi connectivity index (χ2n) is 11.0. The first-order chi connectivity index (χ1) is 16.6. The second-order valence-corrected chi connectivity index (χ2v) is 11.0. The quantitative estimate of drug-likeness (QED) is 0.448. The molecule has 10 heteroatoms. The van der Waals surface area contributed by atoms with Crippen LogP contribution in [0.2, 0.25) is 0 Å². The number of aliphatic imine (C=N–C) groups is 1. The maximum atomic E-state index is 13.7. The molecule has 3 heterocycles. The van der Waals surface area contributed by atoms with Crippen molar-refractivity contribution in [3.63, 3.8) is 0 Å². The van der Waals surface area contributed by atoms with E-state index in [-0.39, 0.29) is 17.9 Å². The molecule has 0 unspecified atom stereocenters. The van der Waals surface area contributed by atoms with Crippen LogP contribution in [-0.2, 0) is 14.3 Å². The van der Waals surface area contributed by atoms with E-state index < -0.39 is 17.7 Å². The number of rotatable bonds is 5. The van der Waals surface area contributed by atoms with Crippen LogP contribution in [0.25, 0.3) is 0 Å². The standard InChI is InChI=1S/C25H42N6O4/c1-5-35-23(33)28-22(31-12-14-34-15-13-31)27-20(17-24(2,3)4)21(32)29-25(18-26)9-11-30-10-7-6-8-19(30)16-25/h19-20H,5-17H2,1-4H3,(H,29,32)(H,27,28,33)/t19-,20-,25-/m0/s1. The van der Waals surface area contributed by atoms with Crippen molar-refractivity contribution in [2.75, 3.05) is 46.0 Å². The average Bonchev–Trinajstić information content (AvgIpc) is 2.83. The predicted octanol–water partition coefficient (Wildman–Crippen LogP) is 2.25. The number of carbonyl (C=O) groups excluding carboxylic acids is 2. The van der Waals surface area contributed by atoms with Gasteiger partial charge in [0.1, 0.15) is 11.6 Å². The van der Waals surface area contributed by atoms with Crippen LogP contribution in [0.3, 0.4) is 0 Å². The van der Waals surface area contributed by atoms with E-state index in [1.807, 2.05) is 4.90 Å². The molecule has 3 atom stereocenters. The summed E-state index contributed by atoms with van der Waals surface area (Å²) in [5, 5.41) is 16.0. The normalized spacial score (nSPS) is 26.8. The van der Waals surface area contributed by atoms with Gasteiger partial charge in [-0.1, -0.05) is 27.2 Å². The highest BCUT2D eigenvalue weighted by Crippen LogP contribution is 2.33. The van der Waals surface area contributed by atoms with Crippen LogP contribution in [0.1, 0.15) is 66.2 Å². The van der Waals surface area contributed by atoms with Crippen molar-refractivity contribution in [3.05, 3.63) is 0 Å². The number of amides is 2. The van der Waals surface area contributed by atoms with E-state index in [0.717, 1.165) is 25.9 Å². The first-order valence-corrected chi connectivity index (χ1v) is 13.0. The van der Waals surface area contributed by atoms with Gasteiger partial charge in [0.2, 0.25) is 11.9 Å². The summed E-state index contributed by atoms with van der Waals surface area (Å²) in [4.78, 5) is 35.1. The molecule has 0 aromatic rings. The molecular formula is C25H42N6O4. The number of hydrogen-bond donors (Lipinski definition) is 2. The molecule has 0 bridgehead atoms. The molecule has 0 spiro atoms. The van der Waals surface area contributed by atoms with Crippen LogP contribution in [-0.4, -0.2) is 91.4 Å². The van der Waals surface area contributed by atoms with Gasteiger partial charge in [0.05, 0.1) is 25.9 Å². The maximum Gasteiger partial charge on any atom is 0.413 e. The van der Waals surface area contributed by atoms with E-state index >= 15 is 0 Å². The molecule has 0 saturated carbocycles. The SMILES string of the molecule is CCOC(=O)NC(=N[C@@H](CC(C)(C)C)C(=O)N[C@@]1(C#N)CCN2CCCC[C@H]2C1)N1CCOCC1. The largest absolute Gasteiger partial charge is 0.450 e. The van der Waals surface area contributed by atoms with Crippen molar-refractivity contribution in [3.8, 4) is 6.07 Å². The van der Waals surface area contributed by atoms with E-state index in [0.29, 0.717) is 57.6 Å². The van der Waals surface area contributed by atoms with Gasteiger partial charge in [-0.05, 0) is 51.0 Å². The molecule has 0 aromatic heterocycles. The molecule has 3 saturated heterocycles. The van der Waals surface area contributed by atoms with Gasteiger partial charge in [0, 0.05) is 25.7 Å². The van der Waals surface area contributed by atoms with E-state index in [2.05, 4.69) is 42.4 Å². The van der Waals surface area contributed by atoms with Gasteiger partial charge in [-0.3, -0.25) is 10.1 Å². The van der Waals surface area contributed by atoms with Crippen LogP contribution in [0, 0.1) is 16.7 Å². The fourth-order valence-corrected chi connectivity index (χ4v) is 5.14. The lowest BCUT2D eigenvalue weighted by Crippen LogP contribution is -2.60. The number of morpholine rings is 1. The summed E-state index contributed by atoms with van der Waals surface area (Å²) < 4.78 is 10.5. The van der Waals surface area contributed by atoms with Crippen molar-refractivity contribution in [2.45, 2.75) is 83.8 Å². The molecule has 2 N–H and O–H groups in total. The van der Waals surface area contributed by atoms with Crippen LogP contribution in [0.15, 0.2) is 4.99 Å². The van der Waals surface area contributed by atoms with Gasteiger partial charge in [0.25, 0.3) is 0 Å². The number of alkyl carbamates (subject to hydrolysis) is 1. The maximum absolute atomic E-state index is 13.7. The second kappa shape index (κ2) is 12.0. The molecular weight excluding hydrogens is 448 g/mol. The lowest BCUT2D eigenvalue weighted by atomic mass is 9.80. The molecule has 2 amide bonds. The lowest BCUT2D eigenvalue weighted by molar-refractivity contribution is -0.125. The summed E-state index contributed by atoms with van der Waals surface area (Å²) in [6.45, 7) is 12.1. The van der Waals surface area contributed by atoms with E-state index in [1.54, 1.807) is 6.92 Å². The molecule has 3 rings (SSSR count). The number of carbonyl (C=O) groups is 2. The van der Waals surface area contributed by atoms with Crippen molar-refractivity contribution >= 4 is 18.0 Å². The highest BCUT2D eigenvalue weighted by molar-refractivity contribution is 5.96. The zero-order valence-corrected chi connectivity index (χ0v) is 21.8. The summed E-state index contributed by atoms with van der Waals surface area (Å²) in [7, 11) is 0. The van der Waals surface area contributed by atoms with Gasteiger partial charge in [-0.25, -0.2) is 9.79 Å². The van der Waals surface area contributed by atoms with Crippen molar-refractivity contribution < 1.29 is 19.1 Å². The van der Waals surface area contributed by atoms with E-state index in [4.69, 9.17) is 14.5 Å². The van der Waals surface area contributed by atoms with Crippen LogP contribution < -0.4 is 10.6 Å². The molecule has 0 aliphatic carbocycles. The Morgan fingerprint density at radius 3 is 2.63 bits per heavy atom. The summed E-state index contributed by atoms with van der Waals surface area (Å²) >= 11 is 0.